The van der Waals surface area contributed by atoms with E-state index in [4.69, 9.17) is 10.5 Å². The Morgan fingerprint density at radius 3 is 2.79 bits per heavy atom. The summed E-state index contributed by atoms with van der Waals surface area (Å²) in [5.74, 6) is 5.99. The number of carbonyl (C=O) groups is 4. The average molecular weight is 529 g/mol. The molecule has 2 aromatic carbocycles. The Hall–Kier alpha value is -4.32. The highest BCUT2D eigenvalue weighted by Gasteiger charge is 2.39. The largest absolute Gasteiger partial charge is 0.495 e. The van der Waals surface area contributed by atoms with Crippen molar-refractivity contribution in [2.75, 3.05) is 19.4 Å². The summed E-state index contributed by atoms with van der Waals surface area (Å²) in [6, 6.07) is 10.0. The van der Waals surface area contributed by atoms with Gasteiger partial charge in [-0.3, -0.25) is 24.5 Å². The van der Waals surface area contributed by atoms with Crippen molar-refractivity contribution in [3.63, 3.8) is 0 Å². The third-order valence-corrected chi connectivity index (χ3v) is 7.78. The van der Waals surface area contributed by atoms with Gasteiger partial charge in [-0.05, 0) is 68.0 Å². The van der Waals surface area contributed by atoms with Crippen molar-refractivity contribution >= 4 is 29.3 Å². The number of rotatable bonds is 5. The molecular weight excluding hydrogens is 496 g/mol. The fourth-order valence-electron chi connectivity index (χ4n) is 5.68. The first kappa shape index (κ1) is 26.3. The molecule has 3 heterocycles. The minimum Gasteiger partial charge on any atom is -0.495 e. The second-order valence-electron chi connectivity index (χ2n) is 10.2. The van der Waals surface area contributed by atoms with Gasteiger partial charge in [0.25, 0.3) is 11.8 Å². The van der Waals surface area contributed by atoms with Gasteiger partial charge in [-0.25, -0.2) is 0 Å². The molecule has 3 aliphatic rings. The quantitative estimate of drug-likeness (QED) is 0.350. The van der Waals surface area contributed by atoms with Gasteiger partial charge in [0.05, 0.1) is 12.8 Å². The van der Waals surface area contributed by atoms with E-state index < -0.39 is 11.9 Å². The fourth-order valence-corrected chi connectivity index (χ4v) is 5.68. The number of nitrogens with two attached hydrogens (primary N) is 1. The second-order valence-corrected chi connectivity index (χ2v) is 10.2. The minimum absolute atomic E-state index is 0.0288. The van der Waals surface area contributed by atoms with Crippen LogP contribution in [0.5, 0.6) is 5.75 Å². The number of methoxy groups -OCH3 is 1. The molecule has 202 valence electrons. The molecular formula is C30H32N4O5. The normalized spacial score (nSPS) is 20.7. The Labute approximate surface area is 227 Å². The Morgan fingerprint density at radius 1 is 1.15 bits per heavy atom. The van der Waals surface area contributed by atoms with Gasteiger partial charge in [-0.1, -0.05) is 17.9 Å². The zero-order valence-electron chi connectivity index (χ0n) is 22.0. The summed E-state index contributed by atoms with van der Waals surface area (Å²) >= 11 is 0. The van der Waals surface area contributed by atoms with Crippen LogP contribution in [0.15, 0.2) is 36.4 Å². The fraction of sp³-hybridized carbons (Fsp3) is 0.400. The molecule has 2 atom stereocenters. The van der Waals surface area contributed by atoms with E-state index in [2.05, 4.69) is 17.2 Å². The molecule has 3 N–H and O–H groups in total. The van der Waals surface area contributed by atoms with Crippen LogP contribution < -0.4 is 15.8 Å². The summed E-state index contributed by atoms with van der Waals surface area (Å²) in [5, 5.41) is 2.33. The van der Waals surface area contributed by atoms with Gasteiger partial charge >= 0.3 is 0 Å². The number of imide groups is 1. The number of fused-ring (bicyclic) bond motifs is 1. The van der Waals surface area contributed by atoms with E-state index in [1.54, 1.807) is 30.3 Å². The lowest BCUT2D eigenvalue weighted by Gasteiger charge is -2.35. The molecule has 3 aliphatic heterocycles. The smallest absolute Gasteiger partial charge is 0.255 e. The monoisotopic (exact) mass is 528 g/mol. The molecule has 0 aromatic heterocycles. The number of amides is 4. The van der Waals surface area contributed by atoms with E-state index in [9.17, 15) is 19.2 Å². The first-order valence-electron chi connectivity index (χ1n) is 13.4. The third kappa shape index (κ3) is 5.32. The van der Waals surface area contributed by atoms with Crippen molar-refractivity contribution < 1.29 is 23.9 Å². The lowest BCUT2D eigenvalue weighted by molar-refractivity contribution is -0.136. The standard InChI is InChI=1S/C30H32N4O5/c1-39-26-17-20(12-13-24(26)31)29(37)33-16-5-4-10-21(33)9-3-2-7-19-8-6-11-22-23(19)18-34(30(22)38)25-14-15-27(35)32-28(25)36/h6,8,11-13,17,21,25H,3-5,9-10,14-16,18,31H2,1H3,(H,32,35,36)/t21-,25?/m0/s1. The molecule has 2 saturated heterocycles. The molecule has 2 fully saturated rings. The van der Waals surface area contributed by atoms with E-state index in [1.807, 2.05) is 11.0 Å². The number of hydrogen-bond donors (Lipinski definition) is 2. The SMILES string of the molecule is COc1cc(C(=O)N2CCCC[C@@H]2CCC#Cc2cccc3c2CN(C2CCC(=O)NC2=O)C3=O)ccc1N. The maximum absolute atomic E-state index is 13.3. The third-order valence-electron chi connectivity index (χ3n) is 7.78. The van der Waals surface area contributed by atoms with Crippen molar-refractivity contribution in [1.29, 1.82) is 0 Å². The molecule has 0 radical (unpaired) electrons. The number of nitrogen functional groups attached to an aromatic ring is 1. The van der Waals surface area contributed by atoms with Crippen LogP contribution in [0.1, 0.15) is 76.8 Å². The summed E-state index contributed by atoms with van der Waals surface area (Å²) in [4.78, 5) is 53.7. The molecule has 2 aromatic rings. The molecule has 1 unspecified atom stereocenters. The van der Waals surface area contributed by atoms with Crippen molar-refractivity contribution in [1.82, 2.24) is 15.1 Å². The van der Waals surface area contributed by atoms with Crippen LogP contribution in [0.3, 0.4) is 0 Å². The molecule has 0 spiro atoms. The van der Waals surface area contributed by atoms with Crippen LogP contribution in [0.25, 0.3) is 0 Å². The van der Waals surface area contributed by atoms with Crippen molar-refractivity contribution in [2.45, 2.75) is 63.6 Å². The van der Waals surface area contributed by atoms with Gasteiger partial charge in [0, 0.05) is 48.7 Å². The van der Waals surface area contributed by atoms with Crippen LogP contribution in [-0.2, 0) is 16.1 Å². The summed E-state index contributed by atoms with van der Waals surface area (Å²) in [6.07, 6.45) is 4.86. The topological polar surface area (TPSA) is 122 Å². The highest BCUT2D eigenvalue weighted by molar-refractivity contribution is 6.05. The first-order valence-corrected chi connectivity index (χ1v) is 13.4. The van der Waals surface area contributed by atoms with Crippen LogP contribution >= 0.6 is 0 Å². The van der Waals surface area contributed by atoms with Gasteiger partial charge in [0.15, 0.2) is 0 Å². The van der Waals surface area contributed by atoms with Gasteiger partial charge in [-0.15, -0.1) is 0 Å². The molecule has 0 aliphatic carbocycles. The number of likely N-dealkylation sites (tertiary alicyclic amines) is 1. The first-order chi connectivity index (χ1) is 18.9. The lowest BCUT2D eigenvalue weighted by atomic mass is 9.96. The molecule has 0 bridgehead atoms. The summed E-state index contributed by atoms with van der Waals surface area (Å²) in [7, 11) is 1.53. The van der Waals surface area contributed by atoms with Crippen LogP contribution in [-0.4, -0.2) is 59.2 Å². The van der Waals surface area contributed by atoms with E-state index in [0.29, 0.717) is 48.5 Å². The Bertz CT molecular complexity index is 1390. The molecule has 5 rings (SSSR count). The van der Waals surface area contributed by atoms with E-state index in [0.717, 1.165) is 36.8 Å². The van der Waals surface area contributed by atoms with E-state index in [-0.39, 0.29) is 30.2 Å². The van der Waals surface area contributed by atoms with Crippen molar-refractivity contribution in [3.05, 3.63) is 58.7 Å². The predicted molar refractivity (Wildman–Crippen MR) is 145 cm³/mol. The van der Waals surface area contributed by atoms with Crippen LogP contribution in [0.4, 0.5) is 5.69 Å². The van der Waals surface area contributed by atoms with Crippen LogP contribution in [0.2, 0.25) is 0 Å². The van der Waals surface area contributed by atoms with Crippen molar-refractivity contribution in [3.8, 4) is 17.6 Å². The number of anilines is 1. The average Bonchev–Trinajstić information content (AvgIpc) is 3.28. The highest BCUT2D eigenvalue weighted by Crippen LogP contribution is 2.30. The summed E-state index contributed by atoms with van der Waals surface area (Å²) < 4.78 is 5.29. The second kappa shape index (κ2) is 11.2. The Balaban J connectivity index is 1.25. The van der Waals surface area contributed by atoms with Gasteiger partial charge in [0.1, 0.15) is 11.8 Å². The number of benzene rings is 2. The van der Waals surface area contributed by atoms with Gasteiger partial charge in [0.2, 0.25) is 11.8 Å². The Morgan fingerprint density at radius 2 is 2.00 bits per heavy atom. The molecule has 0 saturated carbocycles. The predicted octanol–water partition coefficient (Wildman–Crippen LogP) is 2.87. The molecule has 9 nitrogen and oxygen atoms in total. The maximum Gasteiger partial charge on any atom is 0.255 e. The van der Waals surface area contributed by atoms with Gasteiger partial charge in [-0.2, -0.15) is 0 Å². The zero-order valence-corrected chi connectivity index (χ0v) is 22.0. The summed E-state index contributed by atoms with van der Waals surface area (Å²) in [5.41, 5.74) is 9.10. The van der Waals surface area contributed by atoms with E-state index in [1.165, 1.54) is 12.0 Å². The summed E-state index contributed by atoms with van der Waals surface area (Å²) in [6.45, 7) is 0.995. The number of piperidine rings is 2. The zero-order chi connectivity index (χ0) is 27.5. The molecule has 9 heteroatoms. The number of ether oxygens (including phenoxy) is 1. The number of nitrogens with zero attached hydrogens (tertiary/aromatic N) is 2. The number of carbonyl (C=O) groups excluding carboxylic acids is 4. The Kier molecular flexibility index (Phi) is 7.55. The van der Waals surface area contributed by atoms with Crippen molar-refractivity contribution in [2.24, 2.45) is 0 Å². The highest BCUT2D eigenvalue weighted by atomic mass is 16.5. The lowest BCUT2D eigenvalue weighted by Crippen LogP contribution is -2.52. The number of hydrogen-bond acceptors (Lipinski definition) is 6. The van der Waals surface area contributed by atoms with Gasteiger partial charge < -0.3 is 20.3 Å². The molecule has 39 heavy (non-hydrogen) atoms. The van der Waals surface area contributed by atoms with E-state index >= 15 is 0 Å². The molecule has 4 amide bonds. The number of nitrogens with one attached hydrogen (secondary N) is 1. The maximum atomic E-state index is 13.3. The minimum atomic E-state index is -0.653. The van der Waals surface area contributed by atoms with Crippen LogP contribution in [0, 0.1) is 11.8 Å².